The zero-order chi connectivity index (χ0) is 27.5. The molecular weight excluding hydrogens is 504 g/mol. The van der Waals surface area contributed by atoms with E-state index in [1.165, 1.54) is 7.11 Å². The Morgan fingerprint density at radius 2 is 1.92 bits per heavy atom. The number of ether oxygens (including phenoxy) is 3. The number of carbonyl (C=O) groups is 3. The molecule has 0 aromatic heterocycles. The average Bonchev–Trinajstić information content (AvgIpc) is 3.55. The van der Waals surface area contributed by atoms with E-state index in [9.17, 15) is 24.6 Å². The van der Waals surface area contributed by atoms with Gasteiger partial charge in [-0.1, -0.05) is 25.7 Å². The molecule has 2 aliphatic carbocycles. The smallest absolute Gasteiger partial charge is 0.252 e. The number of carbonyl (C=O) groups excluding carboxylic acids is 3. The first-order chi connectivity index (χ1) is 19.0. The highest BCUT2D eigenvalue weighted by Crippen LogP contribution is 2.51. The molecule has 3 N–H and O–H groups in total. The Labute approximate surface area is 228 Å². The molecule has 1 aromatic carbocycles. The average molecular weight is 543 g/mol. The summed E-state index contributed by atoms with van der Waals surface area (Å²) in [4.78, 5) is 40.9. The predicted octanol–water partition coefficient (Wildman–Crippen LogP) is 1.86. The Morgan fingerprint density at radius 1 is 1.15 bits per heavy atom. The van der Waals surface area contributed by atoms with Crippen LogP contribution in [0.5, 0.6) is 11.5 Å². The first kappa shape index (κ1) is 27.6. The van der Waals surface area contributed by atoms with Crippen LogP contribution in [0.2, 0.25) is 0 Å². The third kappa shape index (κ3) is 5.29. The van der Waals surface area contributed by atoms with E-state index in [4.69, 9.17) is 14.2 Å². The molecule has 39 heavy (non-hydrogen) atoms. The Balaban J connectivity index is 1.60. The predicted molar refractivity (Wildman–Crippen MR) is 141 cm³/mol. The summed E-state index contributed by atoms with van der Waals surface area (Å²) in [6.07, 6.45) is 6.99. The summed E-state index contributed by atoms with van der Waals surface area (Å²) in [5, 5.41) is 23.9. The number of aliphatic hydroxyl groups excluding tert-OH is 2. The van der Waals surface area contributed by atoms with Gasteiger partial charge in [0.15, 0.2) is 11.5 Å². The molecule has 4 aliphatic rings. The van der Waals surface area contributed by atoms with E-state index in [1.54, 1.807) is 23.1 Å². The van der Waals surface area contributed by atoms with Gasteiger partial charge in [-0.05, 0) is 43.9 Å². The molecule has 10 heteroatoms. The summed E-state index contributed by atoms with van der Waals surface area (Å²) in [7, 11) is 1.47. The number of hydrogen-bond donors (Lipinski definition) is 3. The molecule has 0 bridgehead atoms. The molecule has 1 aromatic rings. The first-order valence-corrected chi connectivity index (χ1v) is 14.0. The highest BCUT2D eigenvalue weighted by atomic mass is 16.5. The maximum Gasteiger partial charge on any atom is 0.252 e. The van der Waals surface area contributed by atoms with Crippen molar-refractivity contribution < 1.29 is 38.8 Å². The number of amides is 2. The van der Waals surface area contributed by atoms with Gasteiger partial charge in [0.2, 0.25) is 5.91 Å². The van der Waals surface area contributed by atoms with Gasteiger partial charge in [-0.3, -0.25) is 14.4 Å². The van der Waals surface area contributed by atoms with Crippen LogP contribution in [0.4, 0.5) is 0 Å². The second kappa shape index (κ2) is 12.1. The third-order valence-corrected chi connectivity index (χ3v) is 8.41. The number of rotatable bonds is 8. The van der Waals surface area contributed by atoms with Crippen molar-refractivity contribution in [3.05, 3.63) is 34.9 Å². The lowest BCUT2D eigenvalue weighted by Crippen LogP contribution is -2.60. The van der Waals surface area contributed by atoms with E-state index < -0.39 is 36.2 Å². The van der Waals surface area contributed by atoms with Crippen molar-refractivity contribution in [3.63, 3.8) is 0 Å². The lowest BCUT2D eigenvalue weighted by atomic mass is 9.76. The fourth-order valence-electron chi connectivity index (χ4n) is 6.57. The van der Waals surface area contributed by atoms with Gasteiger partial charge < -0.3 is 34.6 Å². The monoisotopic (exact) mass is 542 g/mol. The number of nitrogens with one attached hydrogen (secondary N) is 1. The van der Waals surface area contributed by atoms with Gasteiger partial charge in [0, 0.05) is 35.9 Å². The van der Waals surface area contributed by atoms with E-state index in [0.717, 1.165) is 44.9 Å². The minimum absolute atomic E-state index is 0.0490. The fraction of sp³-hybridized carbons (Fsp3) is 0.621. The van der Waals surface area contributed by atoms with Crippen LogP contribution >= 0.6 is 0 Å². The molecule has 0 spiro atoms. The molecule has 10 nitrogen and oxygen atoms in total. The number of aliphatic hydroxyl groups is 2. The summed E-state index contributed by atoms with van der Waals surface area (Å²) in [5.74, 6) is -0.575. The van der Waals surface area contributed by atoms with Crippen LogP contribution < -0.4 is 14.8 Å². The highest BCUT2D eigenvalue weighted by molar-refractivity contribution is 5.96. The number of fused-ring (bicyclic) bond motifs is 3. The van der Waals surface area contributed by atoms with Gasteiger partial charge >= 0.3 is 0 Å². The quantitative estimate of drug-likeness (QED) is 0.335. The molecule has 5 rings (SSSR count). The van der Waals surface area contributed by atoms with E-state index in [0.29, 0.717) is 47.5 Å². The van der Waals surface area contributed by atoms with Crippen LogP contribution in [-0.4, -0.2) is 90.5 Å². The summed E-state index contributed by atoms with van der Waals surface area (Å²) in [5.41, 5.74) is 1.25. The second-order valence-corrected chi connectivity index (χ2v) is 10.8. The maximum atomic E-state index is 14.0. The fourth-order valence-corrected chi connectivity index (χ4v) is 6.57. The lowest BCUT2D eigenvalue weighted by molar-refractivity contribution is -0.150. The Kier molecular flexibility index (Phi) is 8.54. The van der Waals surface area contributed by atoms with Crippen molar-refractivity contribution in [2.75, 3.05) is 26.9 Å². The number of hydrogen-bond acceptors (Lipinski definition) is 8. The van der Waals surface area contributed by atoms with E-state index in [-0.39, 0.29) is 25.1 Å². The van der Waals surface area contributed by atoms with Gasteiger partial charge in [-0.15, -0.1) is 0 Å². The molecule has 0 radical (unpaired) electrons. The van der Waals surface area contributed by atoms with Crippen molar-refractivity contribution in [3.8, 4) is 11.5 Å². The zero-order valence-corrected chi connectivity index (χ0v) is 22.3. The van der Waals surface area contributed by atoms with Gasteiger partial charge in [-0.2, -0.15) is 0 Å². The SMILES string of the molecule is COc1cc(C=O)cc2c1O[C@@H]1[C@@H](O)[C@H](N(C(=O)C3CCCO3)C3CCCCCC3)C=C(C(=O)NCCO)[C@H]21. The van der Waals surface area contributed by atoms with Crippen molar-refractivity contribution >= 4 is 18.1 Å². The number of benzene rings is 1. The molecule has 1 saturated carbocycles. The summed E-state index contributed by atoms with van der Waals surface area (Å²) in [6, 6.07) is 2.29. The van der Waals surface area contributed by atoms with Crippen LogP contribution in [0.3, 0.4) is 0 Å². The third-order valence-electron chi connectivity index (χ3n) is 8.41. The lowest BCUT2D eigenvalue weighted by Gasteiger charge is -2.44. The molecular formula is C29H38N2O8. The van der Waals surface area contributed by atoms with E-state index in [1.807, 2.05) is 0 Å². The van der Waals surface area contributed by atoms with Crippen LogP contribution in [0.25, 0.3) is 0 Å². The molecule has 1 saturated heterocycles. The van der Waals surface area contributed by atoms with Crippen molar-refractivity contribution in [2.45, 2.75) is 87.7 Å². The Bertz CT molecular complexity index is 1110. The molecule has 2 fully saturated rings. The van der Waals surface area contributed by atoms with Gasteiger partial charge in [0.25, 0.3) is 5.91 Å². The number of methoxy groups -OCH3 is 1. The summed E-state index contributed by atoms with van der Waals surface area (Å²) >= 11 is 0. The molecule has 212 valence electrons. The molecule has 2 heterocycles. The van der Waals surface area contributed by atoms with Crippen molar-refractivity contribution in [1.29, 1.82) is 0 Å². The molecule has 2 aliphatic heterocycles. The van der Waals surface area contributed by atoms with Crippen molar-refractivity contribution in [1.82, 2.24) is 10.2 Å². The first-order valence-electron chi connectivity index (χ1n) is 14.0. The number of nitrogens with zero attached hydrogens (tertiary/aromatic N) is 1. The van der Waals surface area contributed by atoms with Crippen LogP contribution in [0.1, 0.15) is 73.2 Å². The van der Waals surface area contributed by atoms with Crippen LogP contribution in [0, 0.1) is 0 Å². The Hall–Kier alpha value is -2.95. The Morgan fingerprint density at radius 3 is 2.56 bits per heavy atom. The number of aldehydes is 1. The molecule has 1 unspecified atom stereocenters. The van der Waals surface area contributed by atoms with Gasteiger partial charge in [0.05, 0.1) is 25.7 Å². The minimum Gasteiger partial charge on any atom is -0.493 e. The highest BCUT2D eigenvalue weighted by Gasteiger charge is 2.53. The van der Waals surface area contributed by atoms with Crippen LogP contribution in [-0.2, 0) is 14.3 Å². The van der Waals surface area contributed by atoms with Crippen molar-refractivity contribution in [2.24, 2.45) is 0 Å². The largest absolute Gasteiger partial charge is 0.493 e. The standard InChI is InChI=1S/C29H38N2O8/c1-37-23-14-17(16-33)13-19-24-20(28(35)30-10-11-32)15-21(25(34)27(24)39-26(19)23)31(18-7-4-2-3-5-8-18)29(36)22-9-6-12-38-22/h13-16,18,21-22,24-25,27,32,34H,2-12H2,1H3,(H,30,35)/t21-,22?,24+,25+,27+/m1/s1. The minimum atomic E-state index is -1.14. The van der Waals surface area contributed by atoms with E-state index in [2.05, 4.69) is 5.32 Å². The maximum absolute atomic E-state index is 14.0. The van der Waals surface area contributed by atoms with Gasteiger partial charge in [-0.25, -0.2) is 0 Å². The summed E-state index contributed by atoms with van der Waals surface area (Å²) < 4.78 is 17.6. The molecule has 2 amide bonds. The normalized spacial score (nSPS) is 28.4. The topological polar surface area (TPSA) is 135 Å². The second-order valence-electron chi connectivity index (χ2n) is 10.8. The van der Waals surface area contributed by atoms with Gasteiger partial charge in [0.1, 0.15) is 24.6 Å². The van der Waals surface area contributed by atoms with E-state index >= 15 is 0 Å². The summed E-state index contributed by atoms with van der Waals surface area (Å²) in [6.45, 7) is 0.337. The zero-order valence-electron chi connectivity index (χ0n) is 22.3. The molecule has 5 atom stereocenters. The van der Waals surface area contributed by atoms with Crippen LogP contribution in [0.15, 0.2) is 23.8 Å².